The molecule has 1 unspecified atom stereocenters. The molecule has 0 radical (unpaired) electrons. The lowest BCUT2D eigenvalue weighted by Crippen LogP contribution is -2.45. The Morgan fingerprint density at radius 3 is 2.78 bits per heavy atom. The number of hydrogen-bond acceptors (Lipinski definition) is 4. The van der Waals surface area contributed by atoms with Gasteiger partial charge in [-0.15, -0.1) is 11.3 Å². The lowest BCUT2D eigenvalue weighted by Gasteiger charge is -2.32. The number of carbonyl (C=O) groups excluding carboxylic acids is 1. The zero-order chi connectivity index (χ0) is 16.6. The molecule has 1 saturated heterocycles. The molecule has 1 atom stereocenters. The second-order valence-electron chi connectivity index (χ2n) is 5.25. The molecule has 122 valence electrons. The highest BCUT2D eigenvalue weighted by molar-refractivity contribution is 9.10. The van der Waals surface area contributed by atoms with Gasteiger partial charge in [-0.1, -0.05) is 17.7 Å². The van der Waals surface area contributed by atoms with Crippen molar-refractivity contribution in [1.82, 2.24) is 4.90 Å². The van der Waals surface area contributed by atoms with Crippen molar-refractivity contribution in [2.45, 2.75) is 5.25 Å². The van der Waals surface area contributed by atoms with Crippen LogP contribution in [0.25, 0.3) is 0 Å². The van der Waals surface area contributed by atoms with Crippen molar-refractivity contribution in [3.05, 3.63) is 55.6 Å². The fourth-order valence-electron chi connectivity index (χ4n) is 2.52. The second kappa shape index (κ2) is 6.55. The molecule has 8 heteroatoms. The van der Waals surface area contributed by atoms with Crippen molar-refractivity contribution in [2.24, 2.45) is 0 Å². The Labute approximate surface area is 152 Å². The lowest BCUT2D eigenvalue weighted by atomic mass is 10.2. The summed E-state index contributed by atoms with van der Waals surface area (Å²) in [4.78, 5) is 15.0. The van der Waals surface area contributed by atoms with Gasteiger partial charge in [0.05, 0.1) is 10.8 Å². The molecule has 1 aromatic carbocycles. The van der Waals surface area contributed by atoms with E-state index in [9.17, 15) is 13.2 Å². The maximum atomic E-state index is 12.6. The van der Waals surface area contributed by atoms with Crippen molar-refractivity contribution >= 4 is 54.6 Å². The molecule has 0 spiro atoms. The van der Waals surface area contributed by atoms with E-state index in [0.717, 1.165) is 4.88 Å². The zero-order valence-corrected chi connectivity index (χ0v) is 15.9. The maximum absolute atomic E-state index is 12.6. The summed E-state index contributed by atoms with van der Waals surface area (Å²) in [6.07, 6.45) is 0. The molecule has 2 heterocycles. The van der Waals surface area contributed by atoms with E-state index >= 15 is 0 Å². The molecule has 2 aromatic rings. The molecule has 0 saturated carbocycles. The molecule has 4 nitrogen and oxygen atoms in total. The van der Waals surface area contributed by atoms with Gasteiger partial charge in [0, 0.05) is 28.0 Å². The van der Waals surface area contributed by atoms with E-state index in [0.29, 0.717) is 15.1 Å². The first kappa shape index (κ1) is 17.0. The van der Waals surface area contributed by atoms with Crippen molar-refractivity contribution in [3.63, 3.8) is 0 Å². The Balaban J connectivity index is 1.86. The van der Waals surface area contributed by atoms with Gasteiger partial charge in [0.2, 0.25) is 0 Å². The highest BCUT2D eigenvalue weighted by Crippen LogP contribution is 2.32. The van der Waals surface area contributed by atoms with Crippen LogP contribution in [0.1, 0.15) is 20.5 Å². The maximum Gasteiger partial charge on any atom is 0.253 e. The number of carbonyl (C=O) groups is 1. The number of nitrogens with zero attached hydrogens (tertiary/aromatic N) is 1. The monoisotopic (exact) mass is 433 g/mol. The van der Waals surface area contributed by atoms with Crippen molar-refractivity contribution < 1.29 is 13.2 Å². The van der Waals surface area contributed by atoms with Gasteiger partial charge in [0.1, 0.15) is 5.25 Å². The molecule has 1 fully saturated rings. The number of benzene rings is 1. The Kier molecular flexibility index (Phi) is 4.83. The van der Waals surface area contributed by atoms with E-state index in [1.807, 2.05) is 11.4 Å². The minimum Gasteiger partial charge on any atom is -0.336 e. The summed E-state index contributed by atoms with van der Waals surface area (Å²) in [5.41, 5.74) is 0.461. The average molecular weight is 435 g/mol. The molecule has 1 aliphatic rings. The van der Waals surface area contributed by atoms with Crippen LogP contribution in [-0.4, -0.2) is 38.1 Å². The summed E-state index contributed by atoms with van der Waals surface area (Å²) >= 11 is 10.7. The smallest absolute Gasteiger partial charge is 0.253 e. The molecule has 0 bridgehead atoms. The zero-order valence-electron chi connectivity index (χ0n) is 11.9. The minimum absolute atomic E-state index is 0.0223. The van der Waals surface area contributed by atoms with Crippen LogP contribution in [0.15, 0.2) is 40.2 Å². The number of hydrogen-bond donors (Lipinski definition) is 0. The predicted octanol–water partition coefficient (Wildman–Crippen LogP) is 3.78. The van der Waals surface area contributed by atoms with Crippen molar-refractivity contribution in [3.8, 4) is 0 Å². The quantitative estimate of drug-likeness (QED) is 0.723. The van der Waals surface area contributed by atoms with Crippen LogP contribution < -0.4 is 0 Å². The number of amides is 1. The average Bonchev–Trinajstić information content (AvgIpc) is 3.03. The number of thiophene rings is 1. The molecule has 1 aromatic heterocycles. The standard InChI is InChI=1S/C15H13BrClNO3S2/c16-11-4-3-10(8-12(11)17)15(19)18-5-7-23(20,21)14(9-18)13-2-1-6-22-13/h1-4,6,8,14H,5,7,9H2. The van der Waals surface area contributed by atoms with Crippen LogP contribution in [0.5, 0.6) is 0 Å². The predicted molar refractivity (Wildman–Crippen MR) is 95.9 cm³/mol. The molecule has 23 heavy (non-hydrogen) atoms. The molecule has 0 aliphatic carbocycles. The van der Waals surface area contributed by atoms with E-state index in [2.05, 4.69) is 15.9 Å². The SMILES string of the molecule is O=C(c1ccc(Br)c(Cl)c1)N1CCS(=O)(=O)C(c2cccs2)C1. The Morgan fingerprint density at radius 2 is 2.13 bits per heavy atom. The normalized spacial score (nSPS) is 20.4. The molecule has 0 N–H and O–H groups in total. The first-order valence-corrected chi connectivity index (χ1v) is 10.6. The van der Waals surface area contributed by atoms with Crippen LogP contribution in [0.2, 0.25) is 5.02 Å². The highest BCUT2D eigenvalue weighted by atomic mass is 79.9. The van der Waals surface area contributed by atoms with Crippen LogP contribution in [-0.2, 0) is 9.84 Å². The van der Waals surface area contributed by atoms with Gasteiger partial charge in [0.25, 0.3) is 5.91 Å². The third-order valence-corrected chi connectivity index (χ3v) is 8.17. The van der Waals surface area contributed by atoms with Gasteiger partial charge in [-0.05, 0) is 45.6 Å². The fraction of sp³-hybridized carbons (Fsp3) is 0.267. The first-order chi connectivity index (χ1) is 10.9. The van der Waals surface area contributed by atoms with E-state index in [4.69, 9.17) is 11.6 Å². The van der Waals surface area contributed by atoms with Crippen LogP contribution in [0.3, 0.4) is 0 Å². The summed E-state index contributed by atoms with van der Waals surface area (Å²) in [5, 5.41) is 1.65. The molecular formula is C15H13BrClNO3S2. The number of rotatable bonds is 2. The molecule has 1 amide bonds. The van der Waals surface area contributed by atoms with E-state index in [1.165, 1.54) is 11.3 Å². The second-order valence-corrected chi connectivity index (χ2v) is 9.79. The topological polar surface area (TPSA) is 54.5 Å². The van der Waals surface area contributed by atoms with E-state index in [-0.39, 0.29) is 24.7 Å². The van der Waals surface area contributed by atoms with Crippen molar-refractivity contribution in [2.75, 3.05) is 18.8 Å². The van der Waals surface area contributed by atoms with Gasteiger partial charge in [-0.3, -0.25) is 4.79 Å². The first-order valence-electron chi connectivity index (χ1n) is 6.88. The fourth-order valence-corrected chi connectivity index (χ4v) is 5.85. The summed E-state index contributed by atoms with van der Waals surface area (Å²) in [5.74, 6) is -0.221. The lowest BCUT2D eigenvalue weighted by molar-refractivity contribution is 0.0758. The number of halogens is 2. The highest BCUT2D eigenvalue weighted by Gasteiger charge is 2.36. The van der Waals surface area contributed by atoms with Crippen LogP contribution in [0.4, 0.5) is 0 Å². The Hall–Kier alpha value is -0.890. The molecule has 3 rings (SSSR count). The van der Waals surface area contributed by atoms with Gasteiger partial charge >= 0.3 is 0 Å². The summed E-state index contributed by atoms with van der Waals surface area (Å²) in [6.45, 7) is 0.381. The molecule has 1 aliphatic heterocycles. The Morgan fingerprint density at radius 1 is 1.35 bits per heavy atom. The third-order valence-electron chi connectivity index (χ3n) is 3.78. The van der Waals surface area contributed by atoms with Gasteiger partial charge in [-0.25, -0.2) is 8.42 Å². The van der Waals surface area contributed by atoms with Gasteiger partial charge in [-0.2, -0.15) is 0 Å². The number of sulfone groups is 1. The van der Waals surface area contributed by atoms with Crippen molar-refractivity contribution in [1.29, 1.82) is 0 Å². The summed E-state index contributed by atoms with van der Waals surface area (Å²) in [7, 11) is -3.23. The third kappa shape index (κ3) is 3.47. The summed E-state index contributed by atoms with van der Waals surface area (Å²) in [6, 6.07) is 8.62. The van der Waals surface area contributed by atoms with Gasteiger partial charge < -0.3 is 4.90 Å². The van der Waals surface area contributed by atoms with Crippen LogP contribution >= 0.6 is 38.9 Å². The van der Waals surface area contributed by atoms with E-state index in [1.54, 1.807) is 29.2 Å². The minimum atomic E-state index is -3.23. The largest absolute Gasteiger partial charge is 0.336 e. The molecular weight excluding hydrogens is 422 g/mol. The summed E-state index contributed by atoms with van der Waals surface area (Å²) < 4.78 is 25.4. The Bertz CT molecular complexity index is 836. The van der Waals surface area contributed by atoms with Gasteiger partial charge in [0.15, 0.2) is 9.84 Å². The van der Waals surface area contributed by atoms with E-state index < -0.39 is 15.1 Å². The van der Waals surface area contributed by atoms with Crippen LogP contribution in [0, 0.1) is 0 Å².